The van der Waals surface area contributed by atoms with E-state index >= 15 is 0 Å². The molecule has 2 aromatic carbocycles. The molecule has 0 aliphatic carbocycles. The van der Waals surface area contributed by atoms with Gasteiger partial charge in [-0.15, -0.1) is 0 Å². The minimum atomic E-state index is -0.434. The van der Waals surface area contributed by atoms with Crippen LogP contribution in [0.4, 0.5) is 5.69 Å². The molecule has 1 aliphatic rings. The number of nitrogens with zero attached hydrogens (tertiary/aromatic N) is 1. The summed E-state index contributed by atoms with van der Waals surface area (Å²) >= 11 is 0. The van der Waals surface area contributed by atoms with Crippen molar-refractivity contribution >= 4 is 28.6 Å². The molecule has 1 fully saturated rings. The molecule has 0 radical (unpaired) electrons. The number of fused-ring (bicyclic) bond motifs is 1. The molecule has 1 aromatic heterocycles. The number of amides is 1. The number of aromatic amines is 1. The van der Waals surface area contributed by atoms with Crippen molar-refractivity contribution in [3.63, 3.8) is 0 Å². The Hall–Kier alpha value is -3.23. The van der Waals surface area contributed by atoms with Gasteiger partial charge in [0.1, 0.15) is 19.6 Å². The molecule has 29 heavy (non-hydrogen) atoms. The van der Waals surface area contributed by atoms with Gasteiger partial charge in [-0.1, -0.05) is 0 Å². The number of H-pyrrole nitrogens is 1. The number of hydrogen-bond acceptors (Lipinski definition) is 5. The van der Waals surface area contributed by atoms with Crippen LogP contribution in [0.2, 0.25) is 0 Å². The molecule has 1 saturated heterocycles. The molecule has 0 saturated carbocycles. The second kappa shape index (κ2) is 8.42. The largest absolute Gasteiger partial charge is 0.465 e. The maximum Gasteiger partial charge on any atom is 0.337 e. The lowest BCUT2D eigenvalue weighted by Crippen LogP contribution is -3.12. The van der Waals surface area contributed by atoms with Gasteiger partial charge in [0, 0.05) is 11.3 Å². The molecule has 0 unspecified atom stereocenters. The first-order valence-corrected chi connectivity index (χ1v) is 9.52. The predicted molar refractivity (Wildman–Crippen MR) is 107 cm³/mol. The van der Waals surface area contributed by atoms with Gasteiger partial charge in [-0.3, -0.25) is 4.79 Å². The molecule has 3 N–H and O–H groups in total. The average molecular weight is 395 g/mol. The van der Waals surface area contributed by atoms with E-state index in [0.29, 0.717) is 16.8 Å². The van der Waals surface area contributed by atoms with Crippen molar-refractivity contribution in [3.8, 4) is 0 Å². The summed E-state index contributed by atoms with van der Waals surface area (Å²) in [7, 11) is 1.32. The van der Waals surface area contributed by atoms with Crippen molar-refractivity contribution in [3.05, 3.63) is 59.4 Å². The fourth-order valence-corrected chi connectivity index (χ4v) is 3.38. The van der Waals surface area contributed by atoms with Crippen LogP contribution in [-0.2, 0) is 16.0 Å². The Kier molecular flexibility index (Phi) is 5.55. The summed E-state index contributed by atoms with van der Waals surface area (Å²) in [5, 5.41) is 2.88. The van der Waals surface area contributed by atoms with Crippen molar-refractivity contribution in [2.24, 2.45) is 0 Å². The Morgan fingerprint density at radius 2 is 1.86 bits per heavy atom. The van der Waals surface area contributed by atoms with E-state index in [0.717, 1.165) is 49.7 Å². The smallest absolute Gasteiger partial charge is 0.337 e. The Balaban J connectivity index is 1.44. The highest BCUT2D eigenvalue weighted by Gasteiger charge is 2.16. The third-order valence-electron chi connectivity index (χ3n) is 4.97. The van der Waals surface area contributed by atoms with Crippen molar-refractivity contribution in [1.82, 2.24) is 9.97 Å². The number of rotatable bonds is 5. The summed E-state index contributed by atoms with van der Waals surface area (Å²) in [6.07, 6.45) is 0. The number of hydrogen-bond donors (Lipinski definition) is 3. The number of aromatic nitrogens is 2. The Bertz CT molecular complexity index is 1020. The number of carbonyl (C=O) groups excluding carboxylic acids is 2. The summed E-state index contributed by atoms with van der Waals surface area (Å²) < 4.78 is 10.1. The highest BCUT2D eigenvalue weighted by Crippen LogP contribution is 2.18. The Labute approximate surface area is 167 Å². The Morgan fingerprint density at radius 1 is 1.14 bits per heavy atom. The van der Waals surface area contributed by atoms with Crippen LogP contribution in [0, 0.1) is 0 Å². The maximum absolute atomic E-state index is 12.5. The molecular weight excluding hydrogens is 372 g/mol. The minimum absolute atomic E-state index is 0.252. The zero-order valence-electron chi connectivity index (χ0n) is 16.2. The number of nitrogens with one attached hydrogen (secondary N) is 3. The number of esters is 1. The predicted octanol–water partition coefficient (Wildman–Crippen LogP) is 1.02. The summed E-state index contributed by atoms with van der Waals surface area (Å²) in [4.78, 5) is 33.4. The fraction of sp³-hybridized carbons (Fsp3) is 0.286. The van der Waals surface area contributed by atoms with Crippen LogP contribution in [0.3, 0.4) is 0 Å². The SMILES string of the molecule is COC(=O)c1ccc(C(=O)Nc2ccc3nc(C[NH+]4CCOCC4)[nH]c3c2)cc1. The first-order valence-electron chi connectivity index (χ1n) is 9.52. The van der Waals surface area contributed by atoms with Gasteiger partial charge in [0.2, 0.25) is 0 Å². The lowest BCUT2D eigenvalue weighted by Gasteiger charge is -2.22. The molecule has 4 rings (SSSR count). The zero-order valence-corrected chi connectivity index (χ0v) is 16.2. The molecule has 0 bridgehead atoms. The number of imidazole rings is 1. The van der Waals surface area contributed by atoms with Crippen LogP contribution >= 0.6 is 0 Å². The molecule has 150 valence electrons. The van der Waals surface area contributed by atoms with E-state index in [4.69, 9.17) is 4.74 Å². The van der Waals surface area contributed by atoms with Crippen molar-refractivity contribution in [2.45, 2.75) is 6.54 Å². The molecule has 2 heterocycles. The highest BCUT2D eigenvalue weighted by atomic mass is 16.5. The van der Waals surface area contributed by atoms with Gasteiger partial charge >= 0.3 is 5.97 Å². The summed E-state index contributed by atoms with van der Waals surface area (Å²) in [5.74, 6) is 0.244. The third-order valence-corrected chi connectivity index (χ3v) is 4.97. The van der Waals surface area contributed by atoms with Crippen LogP contribution in [-0.4, -0.2) is 55.3 Å². The van der Waals surface area contributed by atoms with E-state index in [1.165, 1.54) is 12.0 Å². The molecule has 0 spiro atoms. The average Bonchev–Trinajstić information content (AvgIpc) is 3.15. The Morgan fingerprint density at radius 3 is 2.59 bits per heavy atom. The van der Waals surface area contributed by atoms with E-state index in [2.05, 4.69) is 20.0 Å². The van der Waals surface area contributed by atoms with Gasteiger partial charge < -0.3 is 24.7 Å². The number of morpholine rings is 1. The summed E-state index contributed by atoms with van der Waals surface area (Å²) in [5.41, 5.74) is 3.28. The number of methoxy groups -OCH3 is 1. The number of carbonyl (C=O) groups is 2. The van der Waals surface area contributed by atoms with E-state index in [1.54, 1.807) is 24.3 Å². The number of benzene rings is 2. The molecule has 1 aliphatic heterocycles. The zero-order chi connectivity index (χ0) is 20.2. The maximum atomic E-state index is 12.5. The van der Waals surface area contributed by atoms with E-state index in [-0.39, 0.29) is 5.91 Å². The fourth-order valence-electron chi connectivity index (χ4n) is 3.38. The van der Waals surface area contributed by atoms with Gasteiger partial charge in [0.25, 0.3) is 5.91 Å². The highest BCUT2D eigenvalue weighted by molar-refractivity contribution is 6.05. The summed E-state index contributed by atoms with van der Waals surface area (Å²) in [6.45, 7) is 4.35. The first kappa shape index (κ1) is 19.1. The van der Waals surface area contributed by atoms with Crippen LogP contribution in [0.5, 0.6) is 0 Å². The monoisotopic (exact) mass is 395 g/mol. The molecular formula is C21H23N4O4+. The van der Waals surface area contributed by atoms with Crippen LogP contribution < -0.4 is 10.2 Å². The number of ether oxygens (including phenoxy) is 2. The second-order valence-corrected chi connectivity index (χ2v) is 6.98. The lowest BCUT2D eigenvalue weighted by molar-refractivity contribution is -0.922. The minimum Gasteiger partial charge on any atom is -0.465 e. The second-order valence-electron chi connectivity index (χ2n) is 6.98. The van der Waals surface area contributed by atoms with Crippen LogP contribution in [0.25, 0.3) is 11.0 Å². The number of quaternary nitrogens is 1. The first-order chi connectivity index (χ1) is 14.1. The van der Waals surface area contributed by atoms with Crippen LogP contribution in [0.1, 0.15) is 26.5 Å². The molecule has 1 amide bonds. The number of anilines is 1. The lowest BCUT2D eigenvalue weighted by atomic mass is 10.1. The summed E-state index contributed by atoms with van der Waals surface area (Å²) in [6, 6.07) is 11.9. The van der Waals surface area contributed by atoms with Crippen molar-refractivity contribution in [2.75, 3.05) is 38.7 Å². The molecule has 3 aromatic rings. The van der Waals surface area contributed by atoms with E-state index < -0.39 is 5.97 Å². The van der Waals surface area contributed by atoms with Gasteiger partial charge in [0.15, 0.2) is 5.82 Å². The van der Waals surface area contributed by atoms with Gasteiger partial charge in [-0.05, 0) is 42.5 Å². The van der Waals surface area contributed by atoms with Crippen molar-refractivity contribution < 1.29 is 24.0 Å². The molecule has 8 nitrogen and oxygen atoms in total. The molecule has 8 heteroatoms. The van der Waals surface area contributed by atoms with E-state index in [1.807, 2.05) is 18.2 Å². The quantitative estimate of drug-likeness (QED) is 0.561. The van der Waals surface area contributed by atoms with Gasteiger partial charge in [0.05, 0.1) is 36.9 Å². The van der Waals surface area contributed by atoms with Crippen molar-refractivity contribution in [1.29, 1.82) is 0 Å². The van der Waals surface area contributed by atoms with Crippen LogP contribution in [0.15, 0.2) is 42.5 Å². The molecule has 0 atom stereocenters. The normalized spacial score (nSPS) is 14.7. The van der Waals surface area contributed by atoms with Gasteiger partial charge in [-0.25, -0.2) is 9.78 Å². The van der Waals surface area contributed by atoms with Gasteiger partial charge in [-0.2, -0.15) is 0 Å². The topological polar surface area (TPSA) is 97.8 Å². The third kappa shape index (κ3) is 4.44. The standard InChI is InChI=1S/C21H22N4O4/c1-28-21(27)15-4-2-14(3-5-15)20(26)22-16-6-7-17-18(12-16)24-19(23-17)13-25-8-10-29-11-9-25/h2-7,12H,8-11,13H2,1H3,(H,22,26)(H,23,24)/p+1. The van der Waals surface area contributed by atoms with E-state index in [9.17, 15) is 9.59 Å².